The zero-order valence-electron chi connectivity index (χ0n) is 48.3. The van der Waals surface area contributed by atoms with Gasteiger partial charge in [0.25, 0.3) is 7.82 Å². The molecule has 0 heterocycles. The molecule has 0 rings (SSSR count). The third-order valence-corrected chi connectivity index (χ3v) is 14.1. The number of amides is 1. The van der Waals surface area contributed by atoms with Gasteiger partial charge in [-0.25, -0.2) is 0 Å². The van der Waals surface area contributed by atoms with Gasteiger partial charge in [0.15, 0.2) is 0 Å². The normalized spacial score (nSPS) is 14.2. The van der Waals surface area contributed by atoms with Crippen molar-refractivity contribution in [1.82, 2.24) is 5.32 Å². The topological polar surface area (TPSA) is 114 Å². The minimum Gasteiger partial charge on any atom is -0.756 e. The van der Waals surface area contributed by atoms with Crippen LogP contribution in [0.25, 0.3) is 0 Å². The van der Waals surface area contributed by atoms with Crippen LogP contribution >= 0.6 is 7.82 Å². The van der Waals surface area contributed by atoms with E-state index in [2.05, 4.69) is 86.8 Å². The van der Waals surface area contributed by atoms with E-state index < -0.39 is 26.6 Å². The van der Waals surface area contributed by atoms with Crippen molar-refractivity contribution in [1.29, 1.82) is 0 Å². The lowest BCUT2D eigenvalue weighted by Crippen LogP contribution is -2.47. The second kappa shape index (κ2) is 52.9. The van der Waals surface area contributed by atoms with Gasteiger partial charge in [-0.05, 0) is 96.0 Å². The molecule has 424 valence electrons. The van der Waals surface area contributed by atoms with Crippen LogP contribution in [0.15, 0.2) is 72.9 Å². The lowest BCUT2D eigenvalue weighted by atomic mass is 10.0. The Hall–Kier alpha value is -2.55. The molecule has 0 aromatic heterocycles. The monoisotopic (exact) mass is 1040 g/mol. The van der Waals surface area contributed by atoms with E-state index in [4.69, 9.17) is 13.8 Å². The molecule has 0 aliphatic carbocycles. The molecule has 1 amide bonds. The van der Waals surface area contributed by atoms with Crippen LogP contribution in [-0.2, 0) is 27.9 Å². The Labute approximate surface area is 451 Å². The number of phosphoric ester groups is 1. The lowest BCUT2D eigenvalue weighted by molar-refractivity contribution is -0.870. The van der Waals surface area contributed by atoms with E-state index in [0.29, 0.717) is 17.4 Å². The number of hydrogen-bond donors (Lipinski definition) is 1. The Morgan fingerprint density at radius 2 is 0.877 bits per heavy atom. The zero-order valence-corrected chi connectivity index (χ0v) is 49.2. The summed E-state index contributed by atoms with van der Waals surface area (Å²) >= 11 is 0. The van der Waals surface area contributed by atoms with Crippen molar-refractivity contribution in [2.75, 3.05) is 40.9 Å². The van der Waals surface area contributed by atoms with E-state index in [1.807, 2.05) is 33.3 Å². The fraction of sp³-hybridized carbons (Fsp3) is 0.778. The molecular weight excluding hydrogens is 928 g/mol. The van der Waals surface area contributed by atoms with Gasteiger partial charge in [0.2, 0.25) is 5.91 Å². The quantitative estimate of drug-likeness (QED) is 0.0212. The molecule has 3 atom stereocenters. The van der Waals surface area contributed by atoms with Crippen LogP contribution in [0.5, 0.6) is 0 Å². The van der Waals surface area contributed by atoms with Gasteiger partial charge in [-0.2, -0.15) is 0 Å². The largest absolute Gasteiger partial charge is 0.756 e. The first-order chi connectivity index (χ1) is 35.4. The van der Waals surface area contributed by atoms with Gasteiger partial charge >= 0.3 is 5.97 Å². The minimum atomic E-state index is -4.70. The van der Waals surface area contributed by atoms with Crippen LogP contribution in [0.3, 0.4) is 0 Å². The van der Waals surface area contributed by atoms with Crippen molar-refractivity contribution in [3.8, 4) is 0 Å². The van der Waals surface area contributed by atoms with Crippen molar-refractivity contribution in [2.45, 2.75) is 277 Å². The first-order valence-corrected chi connectivity index (χ1v) is 31.7. The SMILES string of the molecule is CC/C=C/C/C=C/CCCCCCCCCC(=O)NC(COP(=O)([O-])OCC[N+](C)(C)C)C(/C=C\CCCCCCCCCCCC)OC(=O)CCCCCCCCCC/C=C\C/C=C\C/C=C\CCCCC. The van der Waals surface area contributed by atoms with Gasteiger partial charge in [-0.3, -0.25) is 14.2 Å². The smallest absolute Gasteiger partial charge is 0.306 e. The molecule has 0 spiro atoms. The summed E-state index contributed by atoms with van der Waals surface area (Å²) in [5.41, 5.74) is 0. The highest BCUT2D eigenvalue weighted by Crippen LogP contribution is 2.38. The fourth-order valence-electron chi connectivity index (χ4n) is 8.45. The zero-order chi connectivity index (χ0) is 53.6. The van der Waals surface area contributed by atoms with E-state index in [9.17, 15) is 19.0 Å². The number of esters is 1. The average Bonchev–Trinajstić information content (AvgIpc) is 3.35. The Kier molecular flexibility index (Phi) is 51.0. The number of allylic oxidation sites excluding steroid dienone is 11. The van der Waals surface area contributed by atoms with E-state index in [1.165, 1.54) is 122 Å². The number of likely N-dealkylation sites (N-methyl/N-ethyl adjacent to an activating group) is 1. The van der Waals surface area contributed by atoms with E-state index >= 15 is 0 Å². The molecule has 0 saturated carbocycles. The van der Waals surface area contributed by atoms with Crippen LogP contribution in [-0.4, -0.2) is 69.4 Å². The van der Waals surface area contributed by atoms with Gasteiger partial charge in [-0.1, -0.05) is 229 Å². The summed E-state index contributed by atoms with van der Waals surface area (Å²) in [4.78, 5) is 39.9. The molecule has 0 aromatic rings. The number of carbonyl (C=O) groups excluding carboxylic acids is 2. The van der Waals surface area contributed by atoms with E-state index in [1.54, 1.807) is 0 Å². The van der Waals surface area contributed by atoms with E-state index in [0.717, 1.165) is 109 Å². The second-order valence-electron chi connectivity index (χ2n) is 21.5. The highest BCUT2D eigenvalue weighted by molar-refractivity contribution is 7.45. The van der Waals surface area contributed by atoms with Crippen molar-refractivity contribution < 1.29 is 37.3 Å². The molecule has 10 heteroatoms. The number of hydrogen-bond acceptors (Lipinski definition) is 7. The molecule has 0 aliphatic rings. The lowest BCUT2D eigenvalue weighted by Gasteiger charge is -2.30. The molecule has 3 unspecified atom stereocenters. The summed E-state index contributed by atoms with van der Waals surface area (Å²) in [7, 11) is 1.17. The van der Waals surface area contributed by atoms with Gasteiger partial charge in [-0.15, -0.1) is 0 Å². The van der Waals surface area contributed by atoms with Crippen molar-refractivity contribution in [3.63, 3.8) is 0 Å². The Morgan fingerprint density at radius 3 is 1.34 bits per heavy atom. The molecule has 1 N–H and O–H groups in total. The van der Waals surface area contributed by atoms with Crippen LogP contribution in [0.2, 0.25) is 0 Å². The maximum atomic E-state index is 13.5. The highest BCUT2D eigenvalue weighted by atomic mass is 31.2. The summed E-state index contributed by atoms with van der Waals surface area (Å²) in [6, 6.07) is -0.897. The molecule has 0 fully saturated rings. The number of nitrogens with one attached hydrogen (secondary N) is 1. The summed E-state index contributed by atoms with van der Waals surface area (Å²) in [5.74, 6) is -0.558. The molecule has 73 heavy (non-hydrogen) atoms. The summed E-state index contributed by atoms with van der Waals surface area (Å²) in [5, 5.41) is 3.02. The predicted octanol–water partition coefficient (Wildman–Crippen LogP) is 17.8. The van der Waals surface area contributed by atoms with Crippen molar-refractivity contribution >= 4 is 19.7 Å². The Balaban J connectivity index is 5.27. The number of phosphoric acid groups is 1. The molecule has 0 saturated heterocycles. The molecule has 0 radical (unpaired) electrons. The fourth-order valence-corrected chi connectivity index (χ4v) is 9.17. The van der Waals surface area contributed by atoms with Crippen LogP contribution < -0.4 is 10.2 Å². The van der Waals surface area contributed by atoms with Crippen LogP contribution in [0.4, 0.5) is 0 Å². The third-order valence-electron chi connectivity index (χ3n) is 13.1. The number of quaternary nitrogens is 1. The molecule has 9 nitrogen and oxygen atoms in total. The number of unbranched alkanes of at least 4 members (excludes halogenated alkanes) is 28. The highest BCUT2D eigenvalue weighted by Gasteiger charge is 2.27. The van der Waals surface area contributed by atoms with Crippen LogP contribution in [0, 0.1) is 0 Å². The number of ether oxygens (including phenoxy) is 1. The van der Waals surface area contributed by atoms with Gasteiger partial charge in [0.05, 0.1) is 33.8 Å². The Morgan fingerprint density at radius 1 is 0.493 bits per heavy atom. The maximum absolute atomic E-state index is 13.5. The molecule has 0 bridgehead atoms. The van der Waals surface area contributed by atoms with Crippen molar-refractivity contribution in [2.24, 2.45) is 0 Å². The van der Waals surface area contributed by atoms with Crippen LogP contribution in [0.1, 0.15) is 265 Å². The number of carbonyl (C=O) groups is 2. The number of rotatable bonds is 54. The first-order valence-electron chi connectivity index (χ1n) is 30.2. The molecular formula is C63H115N2O7P. The van der Waals surface area contributed by atoms with Gasteiger partial charge < -0.3 is 28.5 Å². The van der Waals surface area contributed by atoms with Crippen molar-refractivity contribution in [3.05, 3.63) is 72.9 Å². The maximum Gasteiger partial charge on any atom is 0.306 e. The standard InChI is InChI=1S/C63H115N2O7P/c1-7-10-13-16-19-22-25-28-30-31-32-33-34-35-36-38-41-44-47-50-53-56-63(67)72-61(54-51-48-45-42-39-27-24-21-18-15-12-9-3)60(59-71-73(68,69)70-58-57-65(4,5)6)64-62(66)55-52-49-46-43-40-37-29-26-23-20-17-14-11-8-2/h11,14,19-20,22-23,28,30,32-33,51,54,60-61H,7-10,12-13,15-18,21,24-27,29,31,34-50,52-53,55-59H2,1-6H3,(H-,64,66,68,69)/b14-11+,22-19-,23-20+,30-28-,33-32-,54-51-. The van der Waals surface area contributed by atoms with E-state index in [-0.39, 0.29) is 24.9 Å². The van der Waals surface area contributed by atoms with Gasteiger partial charge in [0, 0.05) is 12.8 Å². The third kappa shape index (κ3) is 54.1. The first kappa shape index (κ1) is 70.5. The average molecular weight is 1040 g/mol. The molecule has 0 aliphatic heterocycles. The second-order valence-corrected chi connectivity index (χ2v) is 22.9. The number of nitrogens with zero attached hydrogens (tertiary/aromatic N) is 1. The Bertz CT molecular complexity index is 1480. The summed E-state index contributed by atoms with van der Waals surface area (Å²) < 4.78 is 30.3. The predicted molar refractivity (Wildman–Crippen MR) is 312 cm³/mol. The summed E-state index contributed by atoms with van der Waals surface area (Å²) in [6.07, 6.45) is 67.2. The van der Waals surface area contributed by atoms with Gasteiger partial charge in [0.1, 0.15) is 19.3 Å². The summed E-state index contributed by atoms with van der Waals surface area (Å²) in [6.45, 7) is 6.70. The molecule has 0 aromatic carbocycles. The minimum absolute atomic E-state index is 0.0275.